The zero-order valence-corrected chi connectivity index (χ0v) is 15.8. The largest absolute Gasteiger partial charge is 0.465 e. The number of halogens is 3. The van der Waals surface area contributed by atoms with Crippen molar-refractivity contribution in [3.05, 3.63) is 23.9 Å². The van der Waals surface area contributed by atoms with Gasteiger partial charge in [-0.3, -0.25) is 0 Å². The molecule has 27 heavy (non-hydrogen) atoms. The van der Waals surface area contributed by atoms with Crippen LogP contribution in [0.1, 0.15) is 45.7 Å². The first kappa shape index (κ1) is 19.8. The van der Waals surface area contributed by atoms with E-state index in [9.17, 15) is 23.1 Å². The van der Waals surface area contributed by atoms with Crippen LogP contribution in [-0.4, -0.2) is 40.2 Å². The quantitative estimate of drug-likeness (QED) is 0.791. The lowest BCUT2D eigenvalue weighted by Gasteiger charge is -2.40. The molecule has 1 aromatic heterocycles. The van der Waals surface area contributed by atoms with Gasteiger partial charge in [-0.05, 0) is 48.1 Å². The number of carbonyl (C=O) groups is 1. The highest BCUT2D eigenvalue weighted by Crippen LogP contribution is 2.66. The summed E-state index contributed by atoms with van der Waals surface area (Å²) in [6.45, 7) is 7.32. The van der Waals surface area contributed by atoms with Crippen LogP contribution in [0.5, 0.6) is 0 Å². The average Bonchev–Trinajstić information content (AvgIpc) is 3.26. The van der Waals surface area contributed by atoms with E-state index in [0.29, 0.717) is 12.5 Å². The zero-order valence-electron chi connectivity index (χ0n) is 15.8. The number of amides is 1. The number of hydrogen-bond acceptors (Lipinski definition) is 3. The summed E-state index contributed by atoms with van der Waals surface area (Å²) >= 11 is 0. The highest BCUT2D eigenvalue weighted by molar-refractivity contribution is 5.66. The van der Waals surface area contributed by atoms with E-state index >= 15 is 0 Å². The molecule has 1 amide bonds. The average molecular weight is 385 g/mol. The molecule has 2 N–H and O–H groups in total. The molecule has 8 heteroatoms. The van der Waals surface area contributed by atoms with E-state index in [-0.39, 0.29) is 29.2 Å². The minimum absolute atomic E-state index is 0.109. The molecular formula is C19H26F3N3O2. The third kappa shape index (κ3) is 4.14. The predicted octanol–water partition coefficient (Wildman–Crippen LogP) is 4.71. The normalized spacial score (nSPS) is 28.3. The Kier molecular flexibility index (Phi) is 4.80. The number of carboxylic acid groups (broad SMARTS) is 1. The number of piperidine rings is 1. The van der Waals surface area contributed by atoms with Crippen LogP contribution >= 0.6 is 0 Å². The van der Waals surface area contributed by atoms with Crippen molar-refractivity contribution >= 4 is 11.9 Å². The van der Waals surface area contributed by atoms with Crippen LogP contribution in [0.15, 0.2) is 18.2 Å². The van der Waals surface area contributed by atoms with Crippen molar-refractivity contribution in [3.8, 4) is 0 Å². The van der Waals surface area contributed by atoms with Gasteiger partial charge < -0.3 is 15.3 Å². The van der Waals surface area contributed by atoms with Gasteiger partial charge in [-0.15, -0.1) is 0 Å². The van der Waals surface area contributed by atoms with E-state index in [4.69, 9.17) is 0 Å². The Morgan fingerprint density at radius 1 is 1.33 bits per heavy atom. The fourth-order valence-electron chi connectivity index (χ4n) is 4.63. The molecular weight excluding hydrogens is 359 g/mol. The van der Waals surface area contributed by atoms with Crippen LogP contribution in [-0.2, 0) is 6.18 Å². The summed E-state index contributed by atoms with van der Waals surface area (Å²) in [6.07, 6.45) is -2.83. The number of anilines is 1. The third-order valence-electron chi connectivity index (χ3n) is 5.97. The SMILES string of the molecule is CC(C)(C)C1CC12CCN(C(=O)O)C(CNc1cccc(C(F)(F)F)n1)C2. The summed E-state index contributed by atoms with van der Waals surface area (Å²) in [5, 5.41) is 12.4. The Hall–Kier alpha value is -1.99. The molecule has 3 unspecified atom stereocenters. The second kappa shape index (κ2) is 6.56. The highest BCUT2D eigenvalue weighted by Gasteiger charge is 2.61. The first-order valence-electron chi connectivity index (χ1n) is 9.20. The predicted molar refractivity (Wildman–Crippen MR) is 95.5 cm³/mol. The van der Waals surface area contributed by atoms with E-state index in [1.54, 1.807) is 0 Å². The smallest absolute Gasteiger partial charge is 0.433 e. The maximum atomic E-state index is 12.8. The molecule has 150 valence electrons. The number of likely N-dealkylation sites (tertiary alicyclic amines) is 1. The molecule has 1 saturated heterocycles. The van der Waals surface area contributed by atoms with Crippen LogP contribution in [0.2, 0.25) is 0 Å². The summed E-state index contributed by atoms with van der Waals surface area (Å²) in [5.74, 6) is 0.660. The number of nitrogens with zero attached hydrogens (tertiary/aromatic N) is 2. The zero-order chi connectivity index (χ0) is 20.0. The minimum Gasteiger partial charge on any atom is -0.465 e. The summed E-state index contributed by atoms with van der Waals surface area (Å²) in [7, 11) is 0. The Labute approximate surface area is 157 Å². The molecule has 1 saturated carbocycles. The molecule has 0 aromatic carbocycles. The van der Waals surface area contributed by atoms with Crippen LogP contribution < -0.4 is 5.32 Å². The van der Waals surface area contributed by atoms with Crippen LogP contribution in [0.25, 0.3) is 0 Å². The van der Waals surface area contributed by atoms with Gasteiger partial charge in [0, 0.05) is 13.1 Å². The number of hydrogen-bond donors (Lipinski definition) is 2. The van der Waals surface area contributed by atoms with Gasteiger partial charge >= 0.3 is 12.3 Å². The third-order valence-corrected chi connectivity index (χ3v) is 5.97. The van der Waals surface area contributed by atoms with Gasteiger partial charge in [0.2, 0.25) is 0 Å². The van der Waals surface area contributed by atoms with E-state index in [1.807, 2.05) is 0 Å². The molecule has 5 nitrogen and oxygen atoms in total. The molecule has 2 fully saturated rings. The molecule has 3 atom stereocenters. The Bertz CT molecular complexity index is 717. The molecule has 2 heterocycles. The van der Waals surface area contributed by atoms with Crippen molar-refractivity contribution < 1.29 is 23.1 Å². The molecule has 1 aliphatic heterocycles. The van der Waals surface area contributed by atoms with Gasteiger partial charge in [-0.25, -0.2) is 9.78 Å². The van der Waals surface area contributed by atoms with Gasteiger partial charge in [0.05, 0.1) is 6.04 Å². The van der Waals surface area contributed by atoms with Crippen molar-refractivity contribution in [2.24, 2.45) is 16.7 Å². The second-order valence-electron chi connectivity index (χ2n) is 8.86. The first-order chi connectivity index (χ1) is 12.4. The Morgan fingerprint density at radius 2 is 2.04 bits per heavy atom. The molecule has 1 aromatic rings. The summed E-state index contributed by atoms with van der Waals surface area (Å²) < 4.78 is 38.5. The Balaban J connectivity index is 1.70. The fraction of sp³-hybridized carbons (Fsp3) is 0.684. The van der Waals surface area contributed by atoms with Gasteiger partial charge in [0.15, 0.2) is 0 Å². The highest BCUT2D eigenvalue weighted by atomic mass is 19.4. The van der Waals surface area contributed by atoms with Gasteiger partial charge in [-0.1, -0.05) is 26.8 Å². The minimum atomic E-state index is -4.51. The number of aromatic nitrogens is 1. The van der Waals surface area contributed by atoms with E-state index in [2.05, 4.69) is 31.1 Å². The number of rotatable bonds is 3. The number of alkyl halides is 3. The molecule has 0 bridgehead atoms. The molecule has 2 aliphatic rings. The van der Waals surface area contributed by atoms with Gasteiger partial charge in [0.25, 0.3) is 0 Å². The number of nitrogens with one attached hydrogen (secondary N) is 1. The molecule has 1 aliphatic carbocycles. The molecule has 3 rings (SSSR count). The molecule has 0 radical (unpaired) electrons. The summed E-state index contributed by atoms with van der Waals surface area (Å²) in [5.41, 5.74) is -0.637. The molecule has 1 spiro atoms. The van der Waals surface area contributed by atoms with E-state index < -0.39 is 18.0 Å². The Morgan fingerprint density at radius 3 is 2.59 bits per heavy atom. The maximum Gasteiger partial charge on any atom is 0.433 e. The summed E-state index contributed by atoms with van der Waals surface area (Å²) in [6, 6.07) is 3.41. The summed E-state index contributed by atoms with van der Waals surface area (Å²) in [4.78, 5) is 16.6. The maximum absolute atomic E-state index is 12.8. The lowest BCUT2D eigenvalue weighted by Crippen LogP contribution is -2.50. The number of pyridine rings is 1. The fourth-order valence-corrected chi connectivity index (χ4v) is 4.63. The van der Waals surface area contributed by atoms with Crippen molar-refractivity contribution in [1.29, 1.82) is 0 Å². The van der Waals surface area contributed by atoms with Crippen LogP contribution in [0.4, 0.5) is 23.8 Å². The van der Waals surface area contributed by atoms with Crippen molar-refractivity contribution in [1.82, 2.24) is 9.88 Å². The van der Waals surface area contributed by atoms with Crippen molar-refractivity contribution in [2.45, 2.75) is 52.3 Å². The van der Waals surface area contributed by atoms with Crippen molar-refractivity contribution in [3.63, 3.8) is 0 Å². The lowest BCUT2D eigenvalue weighted by molar-refractivity contribution is -0.141. The monoisotopic (exact) mass is 385 g/mol. The van der Waals surface area contributed by atoms with Crippen LogP contribution in [0, 0.1) is 16.7 Å². The first-order valence-corrected chi connectivity index (χ1v) is 9.20. The van der Waals surface area contributed by atoms with E-state index in [1.165, 1.54) is 17.0 Å². The van der Waals surface area contributed by atoms with Gasteiger partial charge in [0.1, 0.15) is 11.5 Å². The topological polar surface area (TPSA) is 65.5 Å². The van der Waals surface area contributed by atoms with Crippen molar-refractivity contribution in [2.75, 3.05) is 18.4 Å². The lowest BCUT2D eigenvalue weighted by atomic mass is 9.78. The van der Waals surface area contributed by atoms with Crippen LogP contribution in [0.3, 0.4) is 0 Å². The van der Waals surface area contributed by atoms with Gasteiger partial charge in [-0.2, -0.15) is 13.2 Å². The van der Waals surface area contributed by atoms with E-state index in [0.717, 1.165) is 25.3 Å². The standard InChI is InChI=1S/C19H26F3N3O2/c1-17(2,3)13-10-18(13)7-8-25(16(26)27)12(9-18)11-23-15-6-4-5-14(24-15)19(20,21)22/h4-6,12-13H,7-11H2,1-3H3,(H,23,24)(H,26,27). The second-order valence-corrected chi connectivity index (χ2v) is 8.86.